The number of aliphatic hydroxyl groups is 1. The number of esters is 1. The minimum Gasteiger partial charge on any atom is -0.465 e. The van der Waals surface area contributed by atoms with Crippen LogP contribution in [-0.2, 0) is 14.8 Å². The predicted molar refractivity (Wildman–Crippen MR) is 60.1 cm³/mol. The number of rotatable bonds is 5. The number of nitrogens with one attached hydrogen (secondary N) is 1. The maximum atomic E-state index is 11.8. The number of sulfonamides is 1. The van der Waals surface area contributed by atoms with E-state index in [1.54, 1.807) is 0 Å². The molecule has 0 saturated carbocycles. The van der Waals surface area contributed by atoms with Gasteiger partial charge in [-0.2, -0.15) is 0 Å². The van der Waals surface area contributed by atoms with E-state index < -0.39 is 16.0 Å². The lowest BCUT2D eigenvalue weighted by atomic mass is 10.2. The highest BCUT2D eigenvalue weighted by atomic mass is 32.2. The van der Waals surface area contributed by atoms with Crippen molar-refractivity contribution >= 4 is 16.0 Å². The van der Waals surface area contributed by atoms with Gasteiger partial charge in [-0.25, -0.2) is 17.9 Å². The van der Waals surface area contributed by atoms with E-state index in [9.17, 15) is 13.2 Å². The summed E-state index contributed by atoms with van der Waals surface area (Å²) in [4.78, 5) is 11.2. The summed E-state index contributed by atoms with van der Waals surface area (Å²) in [7, 11) is -2.65. The van der Waals surface area contributed by atoms with Gasteiger partial charge in [-0.15, -0.1) is 0 Å². The highest BCUT2D eigenvalue weighted by Crippen LogP contribution is 2.15. The van der Waals surface area contributed by atoms with Crippen LogP contribution in [0.15, 0.2) is 29.2 Å². The molecule has 6 nitrogen and oxygen atoms in total. The molecule has 0 aliphatic carbocycles. The normalized spacial score (nSPS) is 11.2. The highest BCUT2D eigenvalue weighted by molar-refractivity contribution is 7.89. The monoisotopic (exact) mass is 259 g/mol. The third-order valence-electron chi connectivity index (χ3n) is 1.99. The first kappa shape index (κ1) is 13.6. The Balaban J connectivity index is 3.17. The van der Waals surface area contributed by atoms with Crippen molar-refractivity contribution in [3.8, 4) is 0 Å². The maximum Gasteiger partial charge on any atom is 0.339 e. The molecule has 1 aromatic carbocycles. The summed E-state index contributed by atoms with van der Waals surface area (Å²) < 4.78 is 30.3. The van der Waals surface area contributed by atoms with E-state index in [0.717, 1.165) is 0 Å². The van der Waals surface area contributed by atoms with Crippen molar-refractivity contribution in [1.82, 2.24) is 4.72 Å². The molecule has 0 aliphatic heterocycles. The van der Waals surface area contributed by atoms with Crippen molar-refractivity contribution in [2.75, 3.05) is 20.3 Å². The highest BCUT2D eigenvalue weighted by Gasteiger charge is 2.21. The second kappa shape index (κ2) is 5.76. The van der Waals surface area contributed by atoms with Gasteiger partial charge in [0, 0.05) is 6.54 Å². The van der Waals surface area contributed by atoms with Gasteiger partial charge in [0.2, 0.25) is 10.0 Å². The van der Waals surface area contributed by atoms with Crippen LogP contribution < -0.4 is 4.72 Å². The van der Waals surface area contributed by atoms with E-state index in [2.05, 4.69) is 9.46 Å². The smallest absolute Gasteiger partial charge is 0.339 e. The van der Waals surface area contributed by atoms with Crippen LogP contribution in [0.3, 0.4) is 0 Å². The summed E-state index contributed by atoms with van der Waals surface area (Å²) in [5, 5.41) is 8.58. The van der Waals surface area contributed by atoms with Gasteiger partial charge in [0.1, 0.15) is 0 Å². The molecule has 0 amide bonds. The Hall–Kier alpha value is -1.44. The minimum atomic E-state index is -3.82. The van der Waals surface area contributed by atoms with Crippen LogP contribution in [0.25, 0.3) is 0 Å². The Morgan fingerprint density at radius 1 is 1.41 bits per heavy atom. The summed E-state index contributed by atoms with van der Waals surface area (Å²) in [5.41, 5.74) is -0.0413. The second-order valence-electron chi connectivity index (χ2n) is 3.11. The fourth-order valence-corrected chi connectivity index (χ4v) is 2.45. The van der Waals surface area contributed by atoms with Crippen molar-refractivity contribution in [3.63, 3.8) is 0 Å². The average molecular weight is 259 g/mol. The third-order valence-corrected chi connectivity index (χ3v) is 3.50. The van der Waals surface area contributed by atoms with E-state index in [1.165, 1.54) is 31.4 Å². The van der Waals surface area contributed by atoms with Crippen LogP contribution >= 0.6 is 0 Å². The fraction of sp³-hybridized carbons (Fsp3) is 0.300. The largest absolute Gasteiger partial charge is 0.465 e. The lowest BCUT2D eigenvalue weighted by Crippen LogP contribution is -2.28. The van der Waals surface area contributed by atoms with Crippen LogP contribution in [0.4, 0.5) is 0 Å². The molecule has 17 heavy (non-hydrogen) atoms. The van der Waals surface area contributed by atoms with Gasteiger partial charge < -0.3 is 9.84 Å². The van der Waals surface area contributed by atoms with Gasteiger partial charge in [-0.1, -0.05) is 12.1 Å². The molecule has 2 N–H and O–H groups in total. The van der Waals surface area contributed by atoms with Crippen molar-refractivity contribution < 1.29 is 23.1 Å². The zero-order valence-electron chi connectivity index (χ0n) is 9.21. The number of benzene rings is 1. The van der Waals surface area contributed by atoms with Gasteiger partial charge in [0.05, 0.1) is 24.2 Å². The van der Waals surface area contributed by atoms with E-state index >= 15 is 0 Å². The van der Waals surface area contributed by atoms with E-state index in [1.807, 2.05) is 0 Å². The van der Waals surface area contributed by atoms with Gasteiger partial charge in [-0.05, 0) is 12.1 Å². The van der Waals surface area contributed by atoms with E-state index in [4.69, 9.17) is 5.11 Å². The maximum absolute atomic E-state index is 11.8. The van der Waals surface area contributed by atoms with Crippen molar-refractivity contribution in [2.45, 2.75) is 4.90 Å². The molecule has 0 unspecified atom stereocenters. The minimum absolute atomic E-state index is 0.0413. The first-order valence-corrected chi connectivity index (χ1v) is 6.29. The topological polar surface area (TPSA) is 92.7 Å². The molecule has 0 atom stereocenters. The molecule has 0 fully saturated rings. The van der Waals surface area contributed by atoms with Gasteiger partial charge in [-0.3, -0.25) is 0 Å². The zero-order valence-corrected chi connectivity index (χ0v) is 10.0. The van der Waals surface area contributed by atoms with Crippen LogP contribution in [0.2, 0.25) is 0 Å². The van der Waals surface area contributed by atoms with Crippen LogP contribution in [0, 0.1) is 0 Å². The average Bonchev–Trinajstić information content (AvgIpc) is 2.35. The Labute approximate surface area is 99.3 Å². The summed E-state index contributed by atoms with van der Waals surface area (Å²) in [6.07, 6.45) is 0. The second-order valence-corrected chi connectivity index (χ2v) is 4.84. The Morgan fingerprint density at radius 3 is 2.65 bits per heavy atom. The lowest BCUT2D eigenvalue weighted by Gasteiger charge is -2.09. The standard InChI is InChI=1S/C10H13NO5S/c1-16-10(13)8-4-2-3-5-9(8)17(14,15)11-6-7-12/h2-5,11-12H,6-7H2,1H3. The lowest BCUT2D eigenvalue weighted by molar-refractivity contribution is 0.0596. The molecule has 0 bridgehead atoms. The third kappa shape index (κ3) is 3.26. The van der Waals surface area contributed by atoms with Crippen LogP contribution in [0.1, 0.15) is 10.4 Å². The van der Waals surface area contributed by atoms with E-state index in [-0.39, 0.29) is 23.6 Å². The van der Waals surface area contributed by atoms with Crippen LogP contribution in [-0.4, -0.2) is 39.8 Å². The molecule has 1 rings (SSSR count). The summed E-state index contributed by atoms with van der Waals surface area (Å²) >= 11 is 0. The number of ether oxygens (including phenoxy) is 1. The molecular weight excluding hydrogens is 246 g/mol. The van der Waals surface area contributed by atoms with Crippen molar-refractivity contribution in [2.24, 2.45) is 0 Å². The first-order valence-electron chi connectivity index (χ1n) is 4.81. The summed E-state index contributed by atoms with van der Waals surface area (Å²) in [5.74, 6) is -0.727. The van der Waals surface area contributed by atoms with Crippen LogP contribution in [0.5, 0.6) is 0 Å². The molecular formula is C10H13NO5S. The van der Waals surface area contributed by atoms with Gasteiger partial charge in [0.25, 0.3) is 0 Å². The summed E-state index contributed by atoms with van der Waals surface area (Å²) in [6, 6.07) is 5.70. The molecule has 0 saturated heterocycles. The quantitative estimate of drug-likeness (QED) is 0.711. The molecule has 7 heteroatoms. The molecule has 0 aromatic heterocycles. The summed E-state index contributed by atoms with van der Waals surface area (Å²) in [6.45, 7) is -0.433. The molecule has 94 valence electrons. The number of carbonyl (C=O) groups excluding carboxylic acids is 1. The Kier molecular flexibility index (Phi) is 4.62. The molecule has 0 spiro atoms. The number of methoxy groups -OCH3 is 1. The Bertz CT molecular complexity index is 497. The zero-order chi connectivity index (χ0) is 12.9. The van der Waals surface area contributed by atoms with Gasteiger partial charge >= 0.3 is 5.97 Å². The Morgan fingerprint density at radius 2 is 2.06 bits per heavy atom. The predicted octanol–water partition coefficient (Wildman–Crippen LogP) is -0.256. The first-order chi connectivity index (χ1) is 8.03. The molecule has 0 heterocycles. The fourth-order valence-electron chi connectivity index (χ4n) is 1.24. The van der Waals surface area contributed by atoms with E-state index in [0.29, 0.717) is 0 Å². The van der Waals surface area contributed by atoms with Crippen molar-refractivity contribution in [1.29, 1.82) is 0 Å². The number of carbonyl (C=O) groups is 1. The molecule has 1 aromatic rings. The van der Waals surface area contributed by atoms with Gasteiger partial charge in [0.15, 0.2) is 0 Å². The SMILES string of the molecule is COC(=O)c1ccccc1S(=O)(=O)NCCO. The molecule has 0 radical (unpaired) electrons. The number of hydrogen-bond acceptors (Lipinski definition) is 5. The van der Waals surface area contributed by atoms with Crippen molar-refractivity contribution in [3.05, 3.63) is 29.8 Å². The number of hydrogen-bond donors (Lipinski definition) is 2. The number of aliphatic hydroxyl groups excluding tert-OH is 1. The molecule has 0 aliphatic rings.